The van der Waals surface area contributed by atoms with Crippen molar-refractivity contribution in [1.82, 2.24) is 0 Å². The summed E-state index contributed by atoms with van der Waals surface area (Å²) in [5.41, 5.74) is 0.779. The van der Waals surface area contributed by atoms with Gasteiger partial charge in [-0.15, -0.1) is 0 Å². The molecule has 0 saturated carbocycles. The van der Waals surface area contributed by atoms with E-state index in [1.807, 2.05) is 12.2 Å². The lowest BCUT2D eigenvalue weighted by Crippen LogP contribution is -2.31. The highest BCUT2D eigenvalue weighted by Crippen LogP contribution is 2.37. The van der Waals surface area contributed by atoms with Crippen LogP contribution in [0, 0.1) is 17.7 Å². The van der Waals surface area contributed by atoms with E-state index in [2.05, 4.69) is 5.32 Å². The molecule has 4 rings (SSSR count). The van der Waals surface area contributed by atoms with Crippen LogP contribution in [0.25, 0.3) is 0 Å². The normalized spacial score (nSPS) is 19.8. The van der Waals surface area contributed by atoms with E-state index in [1.54, 1.807) is 12.1 Å². The van der Waals surface area contributed by atoms with Crippen molar-refractivity contribution in [2.24, 2.45) is 11.8 Å². The summed E-state index contributed by atoms with van der Waals surface area (Å²) in [5.74, 6) is -3.08. The molecule has 0 aromatic heterocycles. The Morgan fingerprint density at radius 2 is 1.65 bits per heavy atom. The SMILES string of the molecule is O=C(COC(=O)c1cccc(N2C(=O)[C@@H]3CC=CC[C@H]3C2=O)c1)Nc1ccc(F)cc1. The number of nitrogens with zero attached hydrogens (tertiary/aromatic N) is 1. The number of carbonyl (C=O) groups is 4. The average Bonchev–Trinajstić information content (AvgIpc) is 3.04. The molecule has 0 spiro atoms. The number of esters is 1. The summed E-state index contributed by atoms with van der Waals surface area (Å²) in [4.78, 5) is 50.9. The summed E-state index contributed by atoms with van der Waals surface area (Å²) in [6.45, 7) is -0.544. The molecule has 2 atom stereocenters. The number of carbonyl (C=O) groups excluding carboxylic acids is 4. The second-order valence-corrected chi connectivity index (χ2v) is 7.35. The molecular formula is C23H19FN2O5. The van der Waals surface area contributed by atoms with Crippen LogP contribution in [0.1, 0.15) is 23.2 Å². The van der Waals surface area contributed by atoms with Gasteiger partial charge in [0.25, 0.3) is 5.91 Å². The molecule has 0 radical (unpaired) electrons. The first-order valence-corrected chi connectivity index (χ1v) is 9.79. The maximum absolute atomic E-state index is 12.9. The molecule has 31 heavy (non-hydrogen) atoms. The number of hydrogen-bond acceptors (Lipinski definition) is 5. The van der Waals surface area contributed by atoms with Crippen molar-refractivity contribution in [3.8, 4) is 0 Å². The average molecular weight is 422 g/mol. The molecule has 3 amide bonds. The number of allylic oxidation sites excluding steroid dienone is 2. The molecule has 2 aliphatic rings. The summed E-state index contributed by atoms with van der Waals surface area (Å²) >= 11 is 0. The molecule has 2 aromatic carbocycles. The molecule has 2 aromatic rings. The first kappa shape index (κ1) is 20.5. The van der Waals surface area contributed by atoms with Crippen LogP contribution in [0.15, 0.2) is 60.7 Å². The van der Waals surface area contributed by atoms with E-state index in [9.17, 15) is 23.6 Å². The van der Waals surface area contributed by atoms with Gasteiger partial charge >= 0.3 is 5.97 Å². The number of rotatable bonds is 5. The smallest absolute Gasteiger partial charge is 0.338 e. The maximum atomic E-state index is 12.9. The third-order valence-electron chi connectivity index (χ3n) is 5.31. The minimum absolute atomic E-state index is 0.112. The highest BCUT2D eigenvalue weighted by Gasteiger charge is 2.47. The van der Waals surface area contributed by atoms with E-state index in [4.69, 9.17) is 4.74 Å². The number of amides is 3. The number of benzene rings is 2. The van der Waals surface area contributed by atoms with Crippen LogP contribution in [0.5, 0.6) is 0 Å². The summed E-state index contributed by atoms with van der Waals surface area (Å²) in [6, 6.07) is 11.2. The van der Waals surface area contributed by atoms with Gasteiger partial charge in [0.05, 0.1) is 23.1 Å². The Hall–Kier alpha value is -3.81. The van der Waals surface area contributed by atoms with Crippen LogP contribution < -0.4 is 10.2 Å². The van der Waals surface area contributed by atoms with Gasteiger partial charge in [-0.25, -0.2) is 9.18 Å². The fourth-order valence-corrected chi connectivity index (χ4v) is 3.77. The van der Waals surface area contributed by atoms with Crippen LogP contribution in [-0.4, -0.2) is 30.3 Å². The van der Waals surface area contributed by atoms with Gasteiger partial charge in [-0.1, -0.05) is 18.2 Å². The van der Waals surface area contributed by atoms with Crippen molar-refractivity contribution < 1.29 is 28.3 Å². The lowest BCUT2D eigenvalue weighted by Gasteiger charge is -2.15. The van der Waals surface area contributed by atoms with Gasteiger partial charge in [0, 0.05) is 5.69 Å². The monoisotopic (exact) mass is 422 g/mol. The standard InChI is InChI=1S/C23H19FN2O5/c24-15-8-10-16(11-9-15)25-20(27)13-31-23(30)14-4-3-5-17(12-14)26-21(28)18-6-1-2-7-19(18)22(26)29/h1-5,8-12,18-19H,6-7,13H2,(H,25,27)/t18-,19-/m1/s1. The van der Waals surface area contributed by atoms with Crippen LogP contribution in [-0.2, 0) is 19.1 Å². The lowest BCUT2D eigenvalue weighted by atomic mass is 9.85. The van der Waals surface area contributed by atoms with E-state index in [1.165, 1.54) is 36.4 Å². The summed E-state index contributed by atoms with van der Waals surface area (Å²) in [6.07, 6.45) is 4.86. The quantitative estimate of drug-likeness (QED) is 0.454. The molecule has 1 aliphatic carbocycles. The van der Waals surface area contributed by atoms with Gasteiger partial charge < -0.3 is 10.1 Å². The second-order valence-electron chi connectivity index (χ2n) is 7.35. The summed E-state index contributed by atoms with van der Waals surface area (Å²) < 4.78 is 17.9. The first-order chi connectivity index (χ1) is 14.9. The van der Waals surface area contributed by atoms with Crippen LogP contribution >= 0.6 is 0 Å². The van der Waals surface area contributed by atoms with Crippen molar-refractivity contribution in [2.45, 2.75) is 12.8 Å². The predicted octanol–water partition coefficient (Wildman–Crippen LogP) is 3.08. The number of fused-ring (bicyclic) bond motifs is 1. The second kappa shape index (κ2) is 8.51. The topological polar surface area (TPSA) is 92.8 Å². The number of ether oxygens (including phenoxy) is 1. The Morgan fingerprint density at radius 3 is 2.29 bits per heavy atom. The Labute approximate surface area is 177 Å². The Balaban J connectivity index is 1.40. The number of hydrogen-bond donors (Lipinski definition) is 1. The number of nitrogens with one attached hydrogen (secondary N) is 1. The van der Waals surface area contributed by atoms with E-state index in [-0.39, 0.29) is 29.2 Å². The fraction of sp³-hybridized carbons (Fsp3) is 0.217. The van der Waals surface area contributed by atoms with E-state index < -0.39 is 24.3 Å². The molecule has 0 unspecified atom stereocenters. The highest BCUT2D eigenvalue weighted by atomic mass is 19.1. The van der Waals surface area contributed by atoms with E-state index in [0.29, 0.717) is 24.2 Å². The Bertz CT molecular complexity index is 1050. The van der Waals surface area contributed by atoms with Crippen molar-refractivity contribution in [3.05, 3.63) is 72.1 Å². The van der Waals surface area contributed by atoms with E-state index >= 15 is 0 Å². The molecule has 1 aliphatic heterocycles. The highest BCUT2D eigenvalue weighted by molar-refractivity contribution is 6.22. The molecule has 158 valence electrons. The van der Waals surface area contributed by atoms with Crippen LogP contribution in [0.2, 0.25) is 0 Å². The van der Waals surface area contributed by atoms with Crippen molar-refractivity contribution in [3.63, 3.8) is 0 Å². The van der Waals surface area contributed by atoms with Gasteiger partial charge in [-0.2, -0.15) is 0 Å². The number of anilines is 2. The van der Waals surface area contributed by atoms with Gasteiger partial charge in [-0.05, 0) is 55.3 Å². The third-order valence-corrected chi connectivity index (χ3v) is 5.31. The minimum atomic E-state index is -0.769. The molecule has 1 saturated heterocycles. The molecule has 1 N–H and O–H groups in total. The zero-order chi connectivity index (χ0) is 22.0. The van der Waals surface area contributed by atoms with Crippen molar-refractivity contribution in [1.29, 1.82) is 0 Å². The zero-order valence-electron chi connectivity index (χ0n) is 16.4. The predicted molar refractivity (Wildman–Crippen MR) is 110 cm³/mol. The summed E-state index contributed by atoms with van der Waals surface area (Å²) in [5, 5.41) is 2.49. The number of halogens is 1. The minimum Gasteiger partial charge on any atom is -0.452 e. The summed E-state index contributed by atoms with van der Waals surface area (Å²) in [7, 11) is 0. The molecular weight excluding hydrogens is 403 g/mol. The van der Waals surface area contributed by atoms with Gasteiger partial charge in [-0.3, -0.25) is 19.3 Å². The van der Waals surface area contributed by atoms with Gasteiger partial charge in [0.1, 0.15) is 5.82 Å². The fourth-order valence-electron chi connectivity index (χ4n) is 3.77. The first-order valence-electron chi connectivity index (χ1n) is 9.79. The van der Waals surface area contributed by atoms with Gasteiger partial charge in [0.15, 0.2) is 6.61 Å². The third kappa shape index (κ3) is 4.23. The van der Waals surface area contributed by atoms with Crippen molar-refractivity contribution in [2.75, 3.05) is 16.8 Å². The molecule has 7 nitrogen and oxygen atoms in total. The Kier molecular flexibility index (Phi) is 5.62. The van der Waals surface area contributed by atoms with Crippen LogP contribution in [0.4, 0.5) is 15.8 Å². The lowest BCUT2D eigenvalue weighted by molar-refractivity contribution is -0.122. The number of imide groups is 1. The largest absolute Gasteiger partial charge is 0.452 e. The van der Waals surface area contributed by atoms with E-state index in [0.717, 1.165) is 4.90 Å². The van der Waals surface area contributed by atoms with Crippen molar-refractivity contribution >= 4 is 35.1 Å². The molecule has 8 heteroatoms. The zero-order valence-corrected chi connectivity index (χ0v) is 16.4. The van der Waals surface area contributed by atoms with Crippen LogP contribution in [0.3, 0.4) is 0 Å². The molecule has 0 bridgehead atoms. The Morgan fingerprint density at radius 1 is 1.00 bits per heavy atom. The molecule has 1 heterocycles. The molecule has 1 fully saturated rings. The maximum Gasteiger partial charge on any atom is 0.338 e. The van der Waals surface area contributed by atoms with Gasteiger partial charge in [0.2, 0.25) is 11.8 Å².